The minimum absolute atomic E-state index is 0.0894. The number of benzene rings is 1. The van der Waals surface area contributed by atoms with E-state index in [1.54, 1.807) is 10.9 Å². The van der Waals surface area contributed by atoms with E-state index in [-0.39, 0.29) is 6.04 Å². The van der Waals surface area contributed by atoms with Crippen molar-refractivity contribution in [3.63, 3.8) is 0 Å². The molecular weight excluding hydrogens is 312 g/mol. The van der Waals surface area contributed by atoms with Crippen LogP contribution >= 0.6 is 0 Å². The molecule has 1 aliphatic rings. The summed E-state index contributed by atoms with van der Waals surface area (Å²) in [6.07, 6.45) is 6.03. The summed E-state index contributed by atoms with van der Waals surface area (Å²) in [6, 6.07) is 12.1. The summed E-state index contributed by atoms with van der Waals surface area (Å²) < 4.78 is 1.79. The third-order valence-electron chi connectivity index (χ3n) is 4.67. The number of anilines is 1. The molecule has 0 saturated heterocycles. The molecule has 0 unspecified atom stereocenters. The van der Waals surface area contributed by atoms with E-state index in [4.69, 9.17) is 11.5 Å². The summed E-state index contributed by atoms with van der Waals surface area (Å²) in [5.74, 6) is 0.294. The van der Waals surface area contributed by atoms with Crippen LogP contribution in [-0.4, -0.2) is 20.8 Å². The topological polar surface area (TPSA) is 107 Å². The fourth-order valence-electron chi connectivity index (χ4n) is 3.44. The van der Waals surface area contributed by atoms with Crippen molar-refractivity contribution < 1.29 is 0 Å². The molecule has 4 N–H and O–H groups in total. The van der Waals surface area contributed by atoms with Crippen LogP contribution in [0.2, 0.25) is 0 Å². The Hall–Kier alpha value is -3.17. The van der Waals surface area contributed by atoms with Gasteiger partial charge in [-0.15, -0.1) is 0 Å². The molecule has 2 heterocycles. The fourth-order valence-corrected chi connectivity index (χ4v) is 3.44. The second-order valence-electron chi connectivity index (χ2n) is 6.28. The molecule has 25 heavy (non-hydrogen) atoms. The predicted octanol–water partition coefficient (Wildman–Crippen LogP) is 2.20. The van der Waals surface area contributed by atoms with Crippen molar-refractivity contribution >= 4 is 5.82 Å². The van der Waals surface area contributed by atoms with E-state index in [1.807, 2.05) is 36.5 Å². The van der Waals surface area contributed by atoms with Gasteiger partial charge in [0.15, 0.2) is 0 Å². The number of nitrogens with two attached hydrogens (primary N) is 2. The molecule has 3 aromatic rings. The summed E-state index contributed by atoms with van der Waals surface area (Å²) in [5, 5.41) is 13.9. The monoisotopic (exact) mass is 330 g/mol. The molecule has 124 valence electrons. The van der Waals surface area contributed by atoms with Crippen LogP contribution in [0.15, 0.2) is 42.7 Å². The van der Waals surface area contributed by atoms with Gasteiger partial charge in [0, 0.05) is 29.7 Å². The van der Waals surface area contributed by atoms with E-state index in [1.165, 1.54) is 0 Å². The van der Waals surface area contributed by atoms with Crippen LogP contribution < -0.4 is 11.5 Å². The number of aromatic nitrogens is 3. The number of nitrogen functional groups attached to an aromatic ring is 1. The summed E-state index contributed by atoms with van der Waals surface area (Å²) in [4.78, 5) is 4.45. The van der Waals surface area contributed by atoms with Crippen molar-refractivity contribution in [1.82, 2.24) is 14.8 Å². The van der Waals surface area contributed by atoms with Crippen LogP contribution in [0.4, 0.5) is 5.82 Å². The summed E-state index contributed by atoms with van der Waals surface area (Å²) in [6.45, 7) is 0. The smallest absolute Gasteiger partial charge is 0.142 e. The number of nitriles is 1. The van der Waals surface area contributed by atoms with Gasteiger partial charge < -0.3 is 11.5 Å². The second-order valence-corrected chi connectivity index (χ2v) is 6.28. The second kappa shape index (κ2) is 6.04. The van der Waals surface area contributed by atoms with E-state index in [9.17, 15) is 5.26 Å². The van der Waals surface area contributed by atoms with Crippen molar-refractivity contribution in [3.8, 4) is 22.9 Å². The Morgan fingerprint density at radius 2 is 2.04 bits per heavy atom. The molecule has 2 aromatic heterocycles. The van der Waals surface area contributed by atoms with Gasteiger partial charge in [0.1, 0.15) is 17.5 Å². The molecular formula is C19H18N6. The van der Waals surface area contributed by atoms with Gasteiger partial charge in [-0.2, -0.15) is 10.4 Å². The van der Waals surface area contributed by atoms with Crippen molar-refractivity contribution in [3.05, 3.63) is 59.5 Å². The molecule has 0 radical (unpaired) electrons. The van der Waals surface area contributed by atoms with Gasteiger partial charge >= 0.3 is 0 Å². The Bertz CT molecular complexity index is 951. The maximum atomic E-state index is 9.62. The van der Waals surface area contributed by atoms with Gasteiger partial charge in [0.05, 0.1) is 5.69 Å². The van der Waals surface area contributed by atoms with E-state index in [2.05, 4.69) is 16.2 Å². The Balaban J connectivity index is 1.87. The summed E-state index contributed by atoms with van der Waals surface area (Å²) in [5.41, 5.74) is 17.4. The molecule has 0 saturated carbocycles. The number of pyridine rings is 1. The SMILES string of the molecule is N#Cc1c(N)nc2c(c1-c1ccc(-n3cccn3)cc1)C[C@H](N)CC2. The van der Waals surface area contributed by atoms with Crippen LogP contribution in [0, 0.1) is 11.3 Å². The van der Waals surface area contributed by atoms with Gasteiger partial charge in [-0.3, -0.25) is 0 Å². The Morgan fingerprint density at radius 1 is 1.24 bits per heavy atom. The van der Waals surface area contributed by atoms with Crippen LogP contribution in [0.3, 0.4) is 0 Å². The molecule has 0 fully saturated rings. The number of hydrogen-bond donors (Lipinski definition) is 2. The highest BCUT2D eigenvalue weighted by atomic mass is 15.3. The summed E-state index contributed by atoms with van der Waals surface area (Å²) in [7, 11) is 0. The van der Waals surface area contributed by atoms with Crippen LogP contribution in [-0.2, 0) is 12.8 Å². The molecule has 6 nitrogen and oxygen atoms in total. The molecule has 4 rings (SSSR count). The molecule has 0 aliphatic heterocycles. The van der Waals surface area contributed by atoms with E-state index < -0.39 is 0 Å². The maximum absolute atomic E-state index is 9.62. The number of fused-ring (bicyclic) bond motifs is 1. The Morgan fingerprint density at radius 3 is 2.72 bits per heavy atom. The zero-order valence-corrected chi connectivity index (χ0v) is 13.7. The third kappa shape index (κ3) is 2.65. The lowest BCUT2D eigenvalue weighted by Crippen LogP contribution is -2.29. The molecule has 0 bridgehead atoms. The minimum Gasteiger partial charge on any atom is -0.383 e. The number of nitrogens with zero attached hydrogens (tertiary/aromatic N) is 4. The lowest BCUT2D eigenvalue weighted by molar-refractivity contribution is 0.568. The lowest BCUT2D eigenvalue weighted by atomic mass is 9.84. The molecule has 1 aromatic carbocycles. The fraction of sp³-hybridized carbons (Fsp3) is 0.211. The zero-order chi connectivity index (χ0) is 17.4. The Kier molecular flexibility index (Phi) is 3.71. The van der Waals surface area contributed by atoms with Crippen LogP contribution in [0.1, 0.15) is 23.2 Å². The first-order valence-corrected chi connectivity index (χ1v) is 8.24. The average molecular weight is 330 g/mol. The minimum atomic E-state index is 0.0894. The first kappa shape index (κ1) is 15.4. The van der Waals surface area contributed by atoms with Gasteiger partial charge in [0.2, 0.25) is 0 Å². The maximum Gasteiger partial charge on any atom is 0.142 e. The highest BCUT2D eigenvalue weighted by Gasteiger charge is 2.24. The molecule has 6 heteroatoms. The third-order valence-corrected chi connectivity index (χ3v) is 4.67. The molecule has 1 aliphatic carbocycles. The van der Waals surface area contributed by atoms with Gasteiger partial charge in [-0.1, -0.05) is 12.1 Å². The highest BCUT2D eigenvalue weighted by molar-refractivity contribution is 5.79. The predicted molar refractivity (Wildman–Crippen MR) is 95.9 cm³/mol. The molecule has 0 spiro atoms. The highest BCUT2D eigenvalue weighted by Crippen LogP contribution is 2.35. The van der Waals surface area contributed by atoms with E-state index in [0.717, 1.165) is 40.9 Å². The van der Waals surface area contributed by atoms with Crippen molar-refractivity contribution in [2.45, 2.75) is 25.3 Å². The molecule has 1 atom stereocenters. The van der Waals surface area contributed by atoms with Gasteiger partial charge in [-0.25, -0.2) is 9.67 Å². The van der Waals surface area contributed by atoms with Crippen molar-refractivity contribution in [1.29, 1.82) is 5.26 Å². The van der Waals surface area contributed by atoms with Crippen LogP contribution in [0.25, 0.3) is 16.8 Å². The molecule has 0 amide bonds. The quantitative estimate of drug-likeness (QED) is 0.749. The van der Waals surface area contributed by atoms with Gasteiger partial charge in [-0.05, 0) is 48.6 Å². The largest absolute Gasteiger partial charge is 0.383 e. The first-order chi connectivity index (χ1) is 12.2. The summed E-state index contributed by atoms with van der Waals surface area (Å²) >= 11 is 0. The average Bonchev–Trinajstić information content (AvgIpc) is 3.16. The number of rotatable bonds is 2. The zero-order valence-electron chi connectivity index (χ0n) is 13.7. The normalized spacial score (nSPS) is 16.2. The van der Waals surface area contributed by atoms with Gasteiger partial charge in [0.25, 0.3) is 0 Å². The lowest BCUT2D eigenvalue weighted by Gasteiger charge is -2.25. The van der Waals surface area contributed by atoms with Crippen molar-refractivity contribution in [2.24, 2.45) is 5.73 Å². The van der Waals surface area contributed by atoms with Crippen LogP contribution in [0.5, 0.6) is 0 Å². The standard InChI is InChI=1S/C19H18N6/c20-11-16-18(15-10-13(21)4-7-17(15)24-19(16)22)12-2-5-14(6-3-12)25-9-1-8-23-25/h1-3,5-6,8-9,13H,4,7,10,21H2,(H2,22,24)/t13-/m1/s1. The first-order valence-electron chi connectivity index (χ1n) is 8.24. The van der Waals surface area contributed by atoms with E-state index >= 15 is 0 Å². The number of aryl methyl sites for hydroxylation is 1. The Labute approximate surface area is 145 Å². The van der Waals surface area contributed by atoms with Crippen molar-refractivity contribution in [2.75, 3.05) is 5.73 Å². The van der Waals surface area contributed by atoms with E-state index in [0.29, 0.717) is 17.8 Å². The number of hydrogen-bond acceptors (Lipinski definition) is 5.